The number of benzene rings is 1. The zero-order valence-corrected chi connectivity index (χ0v) is 12.5. The zero-order chi connectivity index (χ0) is 8.48. The van der Waals surface area contributed by atoms with Crippen LogP contribution in [0, 0.1) is 3.57 Å². The first-order valence-corrected chi connectivity index (χ1v) is 5.26. The summed E-state index contributed by atoms with van der Waals surface area (Å²) >= 11 is 1.85. The predicted molar refractivity (Wildman–Crippen MR) is 50.1 cm³/mol. The van der Waals surface area contributed by atoms with E-state index in [1.807, 2.05) is 22.6 Å². The van der Waals surface area contributed by atoms with Gasteiger partial charge in [-0.15, -0.1) is 0 Å². The third-order valence-electron chi connectivity index (χ3n) is 1.11. The van der Waals surface area contributed by atoms with Crippen LogP contribution in [0.3, 0.4) is 0 Å². The molecule has 3 nitrogen and oxygen atoms in total. The van der Waals surface area contributed by atoms with Gasteiger partial charge in [-0.25, -0.2) is 0 Å². The average Bonchev–Trinajstić information content (AvgIpc) is 1.86. The molecule has 6 heteroatoms. The minimum atomic E-state index is -4.04. The number of hydrogen-bond acceptors (Lipinski definition) is 2. The standard InChI is InChI=1S/C6H5IO3S.K.H/c7-5-3-1-2-4-6(5)11(8,9)10;;/h1-4H,(H,8,9,10);;/q;+1;-1. The molecular formula is C6H6IKO3S. The normalized spacial score (nSPS) is 10.5. The Morgan fingerprint density at radius 3 is 2.17 bits per heavy atom. The molecule has 0 bridgehead atoms. The Kier molecular flexibility index (Phi) is 6.07. The summed E-state index contributed by atoms with van der Waals surface area (Å²) in [5.74, 6) is 0. The fourth-order valence-corrected chi connectivity index (χ4v) is 2.44. The van der Waals surface area contributed by atoms with Crippen LogP contribution < -0.4 is 51.4 Å². The summed E-state index contributed by atoms with van der Waals surface area (Å²) < 4.78 is 30.4. The van der Waals surface area contributed by atoms with Crippen molar-refractivity contribution in [2.24, 2.45) is 0 Å². The van der Waals surface area contributed by atoms with Crippen LogP contribution in [-0.2, 0) is 10.1 Å². The molecule has 0 aromatic heterocycles. The summed E-state index contributed by atoms with van der Waals surface area (Å²) in [5, 5.41) is 0. The van der Waals surface area contributed by atoms with Crippen molar-refractivity contribution < 1.29 is 65.8 Å². The van der Waals surface area contributed by atoms with Gasteiger partial charge in [0.1, 0.15) is 4.90 Å². The Hall–Kier alpha value is 1.50. The van der Waals surface area contributed by atoms with Crippen molar-refractivity contribution in [1.29, 1.82) is 0 Å². The van der Waals surface area contributed by atoms with Crippen molar-refractivity contribution in [1.82, 2.24) is 0 Å². The summed E-state index contributed by atoms with van der Waals surface area (Å²) in [6.07, 6.45) is 0. The first kappa shape index (κ1) is 13.5. The van der Waals surface area contributed by atoms with Gasteiger partial charge in [0.2, 0.25) is 0 Å². The maximum atomic E-state index is 10.6. The molecule has 0 aliphatic carbocycles. The van der Waals surface area contributed by atoms with E-state index in [1.165, 1.54) is 6.07 Å². The molecule has 1 N–H and O–H groups in total. The second-order valence-electron chi connectivity index (χ2n) is 1.91. The Labute approximate surface area is 129 Å². The van der Waals surface area contributed by atoms with E-state index in [2.05, 4.69) is 0 Å². The number of hydrogen-bond donors (Lipinski definition) is 1. The summed E-state index contributed by atoms with van der Waals surface area (Å²) in [7, 11) is -4.04. The Balaban J connectivity index is 0. The Bertz CT molecular complexity index is 368. The topological polar surface area (TPSA) is 54.4 Å². The second-order valence-corrected chi connectivity index (χ2v) is 4.46. The van der Waals surface area contributed by atoms with Crippen molar-refractivity contribution in [3.05, 3.63) is 27.8 Å². The predicted octanol–water partition coefficient (Wildman–Crippen LogP) is -1.35. The minimum absolute atomic E-state index is 0. The third-order valence-corrected chi connectivity index (χ3v) is 3.33. The van der Waals surface area contributed by atoms with Gasteiger partial charge in [-0.05, 0) is 34.7 Å². The first-order valence-electron chi connectivity index (χ1n) is 2.74. The molecule has 0 aliphatic heterocycles. The molecule has 0 unspecified atom stereocenters. The molecule has 1 aromatic rings. The van der Waals surface area contributed by atoms with Crippen LogP contribution in [0.2, 0.25) is 0 Å². The molecule has 1 aromatic carbocycles. The molecule has 0 amide bonds. The van der Waals surface area contributed by atoms with E-state index in [0.29, 0.717) is 3.57 Å². The van der Waals surface area contributed by atoms with Gasteiger partial charge < -0.3 is 1.43 Å². The van der Waals surface area contributed by atoms with Crippen molar-refractivity contribution in [2.45, 2.75) is 4.90 Å². The molecule has 62 valence electrons. The Morgan fingerprint density at radius 1 is 1.33 bits per heavy atom. The summed E-state index contributed by atoms with van der Waals surface area (Å²) in [6.45, 7) is 0. The minimum Gasteiger partial charge on any atom is -1.00 e. The van der Waals surface area contributed by atoms with E-state index in [4.69, 9.17) is 4.55 Å². The van der Waals surface area contributed by atoms with Crippen molar-refractivity contribution in [3.63, 3.8) is 0 Å². The van der Waals surface area contributed by atoms with Crippen LogP contribution in [0.15, 0.2) is 29.2 Å². The molecule has 0 fully saturated rings. The van der Waals surface area contributed by atoms with E-state index >= 15 is 0 Å². The van der Waals surface area contributed by atoms with Crippen LogP contribution in [0.4, 0.5) is 0 Å². The number of rotatable bonds is 1. The van der Waals surface area contributed by atoms with Crippen molar-refractivity contribution in [2.75, 3.05) is 0 Å². The van der Waals surface area contributed by atoms with Crippen LogP contribution in [-0.4, -0.2) is 13.0 Å². The van der Waals surface area contributed by atoms with Gasteiger partial charge in [0, 0.05) is 3.57 Å². The summed E-state index contributed by atoms with van der Waals surface area (Å²) in [6, 6.07) is 6.24. The van der Waals surface area contributed by atoms with Crippen molar-refractivity contribution >= 4 is 32.7 Å². The fraction of sp³-hybridized carbons (Fsp3) is 0. The van der Waals surface area contributed by atoms with Gasteiger partial charge in [0.25, 0.3) is 10.1 Å². The van der Waals surface area contributed by atoms with Gasteiger partial charge in [0.15, 0.2) is 0 Å². The molecule has 12 heavy (non-hydrogen) atoms. The van der Waals surface area contributed by atoms with Gasteiger partial charge in [-0.3, -0.25) is 4.55 Å². The van der Waals surface area contributed by atoms with Crippen LogP contribution >= 0.6 is 22.6 Å². The molecule has 0 spiro atoms. The SMILES string of the molecule is O=S(=O)(O)c1ccccc1I.[H-].[K+]. The van der Waals surface area contributed by atoms with Gasteiger partial charge in [0.05, 0.1) is 0 Å². The second kappa shape index (κ2) is 5.40. The first-order chi connectivity index (χ1) is 5.02. The third kappa shape index (κ3) is 3.70. The van der Waals surface area contributed by atoms with E-state index in [-0.39, 0.29) is 57.7 Å². The molecule has 0 saturated heterocycles. The maximum absolute atomic E-state index is 10.6. The van der Waals surface area contributed by atoms with Crippen molar-refractivity contribution in [3.8, 4) is 0 Å². The molecule has 0 aliphatic rings. The molecule has 0 heterocycles. The van der Waals surface area contributed by atoms with E-state index < -0.39 is 10.1 Å². The van der Waals surface area contributed by atoms with E-state index in [1.54, 1.807) is 18.2 Å². The van der Waals surface area contributed by atoms with Crippen LogP contribution in [0.5, 0.6) is 0 Å². The van der Waals surface area contributed by atoms with Crippen LogP contribution in [0.25, 0.3) is 0 Å². The quantitative estimate of drug-likeness (QED) is 0.395. The van der Waals surface area contributed by atoms with Gasteiger partial charge in [-0.1, -0.05) is 12.1 Å². The molecular weight excluding hydrogens is 318 g/mol. The molecule has 0 saturated carbocycles. The summed E-state index contributed by atoms with van der Waals surface area (Å²) in [4.78, 5) is -0.0411. The van der Waals surface area contributed by atoms with E-state index in [9.17, 15) is 8.42 Å². The summed E-state index contributed by atoms with van der Waals surface area (Å²) in [5.41, 5.74) is 0. The smallest absolute Gasteiger partial charge is 1.00 e. The van der Waals surface area contributed by atoms with E-state index in [0.717, 1.165) is 0 Å². The zero-order valence-electron chi connectivity index (χ0n) is 7.36. The van der Waals surface area contributed by atoms with Crippen LogP contribution in [0.1, 0.15) is 1.43 Å². The maximum Gasteiger partial charge on any atom is 1.00 e. The molecule has 0 radical (unpaired) electrons. The monoisotopic (exact) mass is 324 g/mol. The molecule has 1 rings (SSSR count). The largest absolute Gasteiger partial charge is 1.00 e. The number of halogens is 1. The fourth-order valence-electron chi connectivity index (χ4n) is 0.654. The van der Waals surface area contributed by atoms with Gasteiger partial charge >= 0.3 is 51.4 Å². The molecule has 0 atom stereocenters. The average molecular weight is 324 g/mol. The van der Waals surface area contributed by atoms with Gasteiger partial charge in [-0.2, -0.15) is 8.42 Å². The Morgan fingerprint density at radius 2 is 1.83 bits per heavy atom.